The van der Waals surface area contributed by atoms with E-state index < -0.39 is 0 Å². The van der Waals surface area contributed by atoms with E-state index in [1.54, 1.807) is 41.8 Å². The molecule has 3 heterocycles. The minimum atomic E-state index is -0.371. The third-order valence-electron chi connectivity index (χ3n) is 5.08. The first-order valence-electron chi connectivity index (χ1n) is 9.72. The molecule has 1 aromatic carbocycles. The fraction of sp³-hybridized carbons (Fsp3) is 0.333. The van der Waals surface area contributed by atoms with E-state index in [0.717, 1.165) is 0 Å². The monoisotopic (exact) mass is 412 g/mol. The van der Waals surface area contributed by atoms with Gasteiger partial charge in [-0.1, -0.05) is 5.16 Å². The van der Waals surface area contributed by atoms with E-state index in [0.29, 0.717) is 60.7 Å². The zero-order chi connectivity index (χ0) is 21.3. The van der Waals surface area contributed by atoms with Gasteiger partial charge in [-0.05, 0) is 44.2 Å². The van der Waals surface area contributed by atoms with E-state index in [-0.39, 0.29) is 23.5 Å². The van der Waals surface area contributed by atoms with Crippen LogP contribution < -0.4 is 0 Å². The van der Waals surface area contributed by atoms with Gasteiger partial charge in [0.2, 0.25) is 0 Å². The number of hydrogen-bond acceptors (Lipinski definition) is 6. The third kappa shape index (κ3) is 3.70. The van der Waals surface area contributed by atoms with E-state index >= 15 is 0 Å². The van der Waals surface area contributed by atoms with Gasteiger partial charge in [0, 0.05) is 31.7 Å². The summed E-state index contributed by atoms with van der Waals surface area (Å²) < 4.78 is 23.6. The van der Waals surface area contributed by atoms with Crippen LogP contribution >= 0.6 is 0 Å². The van der Waals surface area contributed by atoms with Crippen molar-refractivity contribution in [3.8, 4) is 11.3 Å². The SMILES string of the molecule is CCOC(=O)N1CCN(C(=O)c2cc(-c3ccc(F)cc3)nc3onc(C)c23)CC1. The average molecular weight is 412 g/mol. The molecule has 0 atom stereocenters. The van der Waals surface area contributed by atoms with E-state index in [2.05, 4.69) is 10.1 Å². The third-order valence-corrected chi connectivity index (χ3v) is 5.08. The topological polar surface area (TPSA) is 88.8 Å². The number of hydrogen-bond donors (Lipinski definition) is 0. The predicted octanol–water partition coefficient (Wildman–Crippen LogP) is 3.25. The Balaban J connectivity index is 1.64. The van der Waals surface area contributed by atoms with Gasteiger partial charge in [-0.2, -0.15) is 0 Å². The summed E-state index contributed by atoms with van der Waals surface area (Å²) in [6.07, 6.45) is -0.371. The second-order valence-corrected chi connectivity index (χ2v) is 6.99. The molecule has 0 saturated carbocycles. The number of carbonyl (C=O) groups excluding carboxylic acids is 2. The lowest BCUT2D eigenvalue weighted by atomic mass is 10.0. The zero-order valence-corrected chi connectivity index (χ0v) is 16.7. The van der Waals surface area contributed by atoms with Gasteiger partial charge in [-0.25, -0.2) is 14.2 Å². The molecule has 8 nitrogen and oxygen atoms in total. The molecule has 0 spiro atoms. The van der Waals surface area contributed by atoms with Crippen LogP contribution in [0.2, 0.25) is 0 Å². The van der Waals surface area contributed by atoms with E-state index in [9.17, 15) is 14.0 Å². The Kier molecular flexibility index (Phi) is 5.35. The van der Waals surface area contributed by atoms with Crippen LogP contribution in [0.4, 0.5) is 9.18 Å². The summed E-state index contributed by atoms with van der Waals surface area (Å²) in [7, 11) is 0. The number of aryl methyl sites for hydroxylation is 1. The molecule has 4 rings (SSSR count). The van der Waals surface area contributed by atoms with Crippen molar-refractivity contribution in [2.24, 2.45) is 0 Å². The molecule has 30 heavy (non-hydrogen) atoms. The van der Waals surface area contributed by atoms with Crippen molar-refractivity contribution in [2.45, 2.75) is 13.8 Å². The Morgan fingerprint density at radius 1 is 1.13 bits per heavy atom. The highest BCUT2D eigenvalue weighted by Gasteiger charge is 2.28. The fourth-order valence-electron chi connectivity index (χ4n) is 3.51. The van der Waals surface area contributed by atoms with Crippen molar-refractivity contribution in [2.75, 3.05) is 32.8 Å². The van der Waals surface area contributed by atoms with Crippen LogP contribution in [-0.4, -0.2) is 64.7 Å². The fourth-order valence-corrected chi connectivity index (χ4v) is 3.51. The summed E-state index contributed by atoms with van der Waals surface area (Å²) in [4.78, 5) is 33.0. The number of pyridine rings is 1. The van der Waals surface area contributed by atoms with Crippen LogP contribution in [0.3, 0.4) is 0 Å². The molecule has 2 amide bonds. The lowest BCUT2D eigenvalue weighted by Crippen LogP contribution is -2.50. The quantitative estimate of drug-likeness (QED) is 0.656. The van der Waals surface area contributed by atoms with Crippen LogP contribution in [0.5, 0.6) is 0 Å². The van der Waals surface area contributed by atoms with Gasteiger partial charge < -0.3 is 19.1 Å². The number of piperazine rings is 1. The van der Waals surface area contributed by atoms with E-state index in [4.69, 9.17) is 9.26 Å². The van der Waals surface area contributed by atoms with Gasteiger partial charge in [0.1, 0.15) is 5.82 Å². The minimum absolute atomic E-state index is 0.194. The molecule has 0 unspecified atom stereocenters. The maximum Gasteiger partial charge on any atom is 0.409 e. The Hall–Kier alpha value is -3.49. The number of halogens is 1. The Morgan fingerprint density at radius 3 is 2.47 bits per heavy atom. The zero-order valence-electron chi connectivity index (χ0n) is 16.7. The summed E-state index contributed by atoms with van der Waals surface area (Å²) in [5.41, 5.74) is 2.39. The van der Waals surface area contributed by atoms with Gasteiger partial charge in [0.05, 0.1) is 28.9 Å². The van der Waals surface area contributed by atoms with Gasteiger partial charge in [-0.3, -0.25) is 4.79 Å². The van der Waals surface area contributed by atoms with Crippen molar-refractivity contribution in [1.29, 1.82) is 0 Å². The second kappa shape index (κ2) is 8.10. The summed E-state index contributed by atoms with van der Waals surface area (Å²) in [6.45, 7) is 5.38. The number of fused-ring (bicyclic) bond motifs is 1. The van der Waals surface area contributed by atoms with Crippen LogP contribution in [-0.2, 0) is 4.74 Å². The van der Waals surface area contributed by atoms with Crippen molar-refractivity contribution in [1.82, 2.24) is 19.9 Å². The van der Waals surface area contributed by atoms with Crippen molar-refractivity contribution in [3.63, 3.8) is 0 Å². The average Bonchev–Trinajstić information content (AvgIpc) is 3.14. The number of rotatable bonds is 3. The number of ether oxygens (including phenoxy) is 1. The largest absolute Gasteiger partial charge is 0.450 e. The van der Waals surface area contributed by atoms with Gasteiger partial charge >= 0.3 is 6.09 Å². The Labute approximate surface area is 172 Å². The number of amides is 2. The minimum Gasteiger partial charge on any atom is -0.450 e. The number of carbonyl (C=O) groups is 2. The number of benzene rings is 1. The highest BCUT2D eigenvalue weighted by molar-refractivity contribution is 6.07. The van der Waals surface area contributed by atoms with Crippen molar-refractivity contribution in [3.05, 3.63) is 47.4 Å². The molecule has 2 aromatic heterocycles. The van der Waals surface area contributed by atoms with Crippen LogP contribution in [0.15, 0.2) is 34.9 Å². The van der Waals surface area contributed by atoms with Gasteiger partial charge in [0.15, 0.2) is 0 Å². The van der Waals surface area contributed by atoms with E-state index in [1.165, 1.54) is 12.1 Å². The molecule has 1 fully saturated rings. The Bertz CT molecular complexity index is 1090. The van der Waals surface area contributed by atoms with Crippen molar-refractivity contribution >= 4 is 23.1 Å². The molecule has 0 radical (unpaired) electrons. The summed E-state index contributed by atoms with van der Waals surface area (Å²) >= 11 is 0. The first-order valence-corrected chi connectivity index (χ1v) is 9.72. The maximum atomic E-state index is 13.3. The smallest absolute Gasteiger partial charge is 0.409 e. The van der Waals surface area contributed by atoms with Gasteiger partial charge in [-0.15, -0.1) is 0 Å². The first kappa shape index (κ1) is 19.8. The molecule has 156 valence electrons. The second-order valence-electron chi connectivity index (χ2n) is 6.99. The van der Waals surface area contributed by atoms with Crippen LogP contribution in [0, 0.1) is 12.7 Å². The van der Waals surface area contributed by atoms with Crippen LogP contribution in [0.25, 0.3) is 22.4 Å². The van der Waals surface area contributed by atoms with Crippen LogP contribution in [0.1, 0.15) is 23.0 Å². The molecule has 0 bridgehead atoms. The molecule has 1 saturated heterocycles. The molecular weight excluding hydrogens is 391 g/mol. The first-order chi connectivity index (χ1) is 14.5. The molecular formula is C21H21FN4O4. The normalized spacial score (nSPS) is 14.2. The molecule has 1 aliphatic heterocycles. The number of nitrogens with zero attached hydrogens (tertiary/aromatic N) is 4. The summed E-state index contributed by atoms with van der Waals surface area (Å²) in [6, 6.07) is 7.55. The lowest BCUT2D eigenvalue weighted by Gasteiger charge is -2.34. The predicted molar refractivity (Wildman–Crippen MR) is 106 cm³/mol. The van der Waals surface area contributed by atoms with E-state index in [1.807, 2.05) is 0 Å². The highest BCUT2D eigenvalue weighted by atomic mass is 19.1. The summed E-state index contributed by atoms with van der Waals surface area (Å²) in [5.74, 6) is -0.549. The Morgan fingerprint density at radius 2 is 1.80 bits per heavy atom. The summed E-state index contributed by atoms with van der Waals surface area (Å²) in [5, 5.41) is 4.51. The molecule has 3 aromatic rings. The van der Waals surface area contributed by atoms with Crippen molar-refractivity contribution < 1.29 is 23.2 Å². The lowest BCUT2D eigenvalue weighted by molar-refractivity contribution is 0.0572. The molecule has 0 N–H and O–H groups in total. The standard InChI is InChI=1S/C21H21FN4O4/c1-3-29-21(28)26-10-8-25(9-11-26)20(27)16-12-17(14-4-6-15(22)7-5-14)23-19-18(16)13(2)24-30-19/h4-7,12H,3,8-11H2,1-2H3. The molecule has 1 aliphatic rings. The molecule has 9 heteroatoms. The van der Waals surface area contributed by atoms with Gasteiger partial charge in [0.25, 0.3) is 11.6 Å². The molecule has 0 aliphatic carbocycles. The maximum absolute atomic E-state index is 13.3. The number of aromatic nitrogens is 2. The highest BCUT2D eigenvalue weighted by Crippen LogP contribution is 2.28.